The summed E-state index contributed by atoms with van der Waals surface area (Å²) in [4.78, 5) is 14.5. The molecule has 140 valence electrons. The summed E-state index contributed by atoms with van der Waals surface area (Å²) in [6.45, 7) is 3.07. The first kappa shape index (κ1) is 19.0. The molecule has 1 N–H and O–H groups in total. The minimum absolute atomic E-state index is 0.0725. The minimum Gasteiger partial charge on any atom is -0.379 e. The first-order chi connectivity index (χ1) is 13.1. The summed E-state index contributed by atoms with van der Waals surface area (Å²) in [6.07, 6.45) is 2.72. The van der Waals surface area contributed by atoms with Crippen molar-refractivity contribution in [1.82, 2.24) is 4.90 Å². The molecule has 4 nitrogen and oxygen atoms in total. The van der Waals surface area contributed by atoms with Crippen LogP contribution in [0.3, 0.4) is 0 Å². The van der Waals surface area contributed by atoms with Gasteiger partial charge in [0.1, 0.15) is 0 Å². The van der Waals surface area contributed by atoms with Crippen LogP contribution >= 0.6 is 0 Å². The van der Waals surface area contributed by atoms with Crippen LogP contribution in [0, 0.1) is 12.3 Å². The Labute approximate surface area is 157 Å². The van der Waals surface area contributed by atoms with Gasteiger partial charge in [0, 0.05) is 42.0 Å². The van der Waals surface area contributed by atoms with Crippen molar-refractivity contribution in [2.24, 2.45) is 0 Å². The highest BCUT2D eigenvalue weighted by atomic mass is 19.3. The van der Waals surface area contributed by atoms with Gasteiger partial charge in [-0.1, -0.05) is 18.1 Å². The van der Waals surface area contributed by atoms with E-state index in [1.165, 1.54) is 6.07 Å². The number of morpholine rings is 1. The minimum atomic E-state index is -2.62. The van der Waals surface area contributed by atoms with Crippen LogP contribution in [0.15, 0.2) is 42.5 Å². The fourth-order valence-corrected chi connectivity index (χ4v) is 2.97. The molecular formula is C21H20F2N2O2. The number of halogens is 2. The molecule has 1 fully saturated rings. The maximum atomic E-state index is 13.5. The standard InChI is InChI=1S/C21H20F2N2O2/c1-2-15-4-3-5-16(12-15)21(26)24-18-7-6-17(19(13-18)20(22)23)14-25-8-10-27-11-9-25/h1,3-7,12-13,20H,8-11,14H2,(H,24,26). The van der Waals surface area contributed by atoms with Crippen LogP contribution < -0.4 is 5.32 Å². The van der Waals surface area contributed by atoms with E-state index in [0.29, 0.717) is 55.2 Å². The molecule has 1 heterocycles. The number of alkyl halides is 2. The zero-order valence-electron chi connectivity index (χ0n) is 14.8. The van der Waals surface area contributed by atoms with Crippen LogP contribution in [0.25, 0.3) is 0 Å². The van der Waals surface area contributed by atoms with Crippen LogP contribution in [0.4, 0.5) is 14.5 Å². The zero-order chi connectivity index (χ0) is 19.2. The average Bonchev–Trinajstić information content (AvgIpc) is 2.69. The van der Waals surface area contributed by atoms with E-state index in [1.54, 1.807) is 36.4 Å². The fraction of sp³-hybridized carbons (Fsp3) is 0.286. The Morgan fingerprint density at radius 2 is 2.00 bits per heavy atom. The van der Waals surface area contributed by atoms with Crippen LogP contribution in [0.5, 0.6) is 0 Å². The summed E-state index contributed by atoms with van der Waals surface area (Å²) < 4.78 is 32.4. The van der Waals surface area contributed by atoms with Gasteiger partial charge in [-0.25, -0.2) is 8.78 Å². The molecule has 0 spiro atoms. The Morgan fingerprint density at radius 1 is 1.22 bits per heavy atom. The van der Waals surface area contributed by atoms with E-state index in [9.17, 15) is 13.6 Å². The van der Waals surface area contributed by atoms with Gasteiger partial charge in [0.15, 0.2) is 0 Å². The van der Waals surface area contributed by atoms with Gasteiger partial charge in [0.25, 0.3) is 12.3 Å². The molecule has 2 aromatic rings. The van der Waals surface area contributed by atoms with E-state index in [4.69, 9.17) is 11.2 Å². The molecule has 1 saturated heterocycles. The molecule has 1 aliphatic rings. The lowest BCUT2D eigenvalue weighted by Crippen LogP contribution is -2.35. The van der Waals surface area contributed by atoms with E-state index >= 15 is 0 Å². The molecule has 2 aromatic carbocycles. The number of terminal acetylenes is 1. The van der Waals surface area contributed by atoms with Gasteiger partial charge in [-0.2, -0.15) is 0 Å². The largest absolute Gasteiger partial charge is 0.379 e. The monoisotopic (exact) mass is 370 g/mol. The van der Waals surface area contributed by atoms with Crippen LogP contribution in [-0.2, 0) is 11.3 Å². The van der Waals surface area contributed by atoms with Crippen molar-refractivity contribution in [2.45, 2.75) is 13.0 Å². The smallest absolute Gasteiger partial charge is 0.264 e. The van der Waals surface area contributed by atoms with Crippen molar-refractivity contribution in [3.05, 3.63) is 64.7 Å². The molecular weight excluding hydrogens is 350 g/mol. The van der Waals surface area contributed by atoms with Gasteiger partial charge in [0.2, 0.25) is 0 Å². The molecule has 1 amide bonds. The molecule has 3 rings (SSSR count). The Balaban J connectivity index is 1.76. The van der Waals surface area contributed by atoms with Gasteiger partial charge in [-0.15, -0.1) is 6.42 Å². The summed E-state index contributed by atoms with van der Waals surface area (Å²) in [5, 5.41) is 2.66. The van der Waals surface area contributed by atoms with Gasteiger partial charge in [0.05, 0.1) is 13.2 Å². The van der Waals surface area contributed by atoms with Crippen molar-refractivity contribution < 1.29 is 18.3 Å². The molecule has 0 radical (unpaired) electrons. The molecule has 6 heteroatoms. The lowest BCUT2D eigenvalue weighted by molar-refractivity contribution is 0.0335. The summed E-state index contributed by atoms with van der Waals surface area (Å²) in [6, 6.07) is 11.2. The molecule has 0 unspecified atom stereocenters. The molecule has 0 aliphatic carbocycles. The Morgan fingerprint density at radius 3 is 2.70 bits per heavy atom. The second-order valence-corrected chi connectivity index (χ2v) is 6.28. The Kier molecular flexibility index (Phi) is 6.17. The summed E-state index contributed by atoms with van der Waals surface area (Å²) in [7, 11) is 0. The number of hydrogen-bond acceptors (Lipinski definition) is 3. The number of carbonyl (C=O) groups excluding carboxylic acids is 1. The molecule has 0 atom stereocenters. The van der Waals surface area contributed by atoms with E-state index in [-0.39, 0.29) is 5.56 Å². The summed E-state index contributed by atoms with van der Waals surface area (Å²) in [5.41, 5.74) is 1.77. The zero-order valence-corrected chi connectivity index (χ0v) is 14.8. The number of ether oxygens (including phenoxy) is 1. The van der Waals surface area contributed by atoms with E-state index < -0.39 is 12.3 Å². The van der Waals surface area contributed by atoms with Crippen LogP contribution in [-0.4, -0.2) is 37.1 Å². The quantitative estimate of drug-likeness (QED) is 0.817. The molecule has 27 heavy (non-hydrogen) atoms. The Hall–Kier alpha value is -2.75. The molecule has 0 bridgehead atoms. The first-order valence-corrected chi connectivity index (χ1v) is 8.66. The van der Waals surface area contributed by atoms with Gasteiger partial charge < -0.3 is 10.1 Å². The van der Waals surface area contributed by atoms with Crippen LogP contribution in [0.1, 0.15) is 33.5 Å². The number of hydrogen-bond donors (Lipinski definition) is 1. The highest BCUT2D eigenvalue weighted by molar-refractivity contribution is 6.04. The van der Waals surface area contributed by atoms with E-state index in [1.807, 2.05) is 0 Å². The third-order valence-electron chi connectivity index (χ3n) is 4.43. The average molecular weight is 370 g/mol. The second kappa shape index (κ2) is 8.76. The third kappa shape index (κ3) is 4.91. The maximum absolute atomic E-state index is 13.5. The van der Waals surface area contributed by atoms with Crippen LogP contribution in [0.2, 0.25) is 0 Å². The van der Waals surface area contributed by atoms with E-state index in [2.05, 4.69) is 16.1 Å². The van der Waals surface area contributed by atoms with Gasteiger partial charge in [-0.05, 0) is 35.9 Å². The number of rotatable bonds is 5. The highest BCUT2D eigenvalue weighted by Gasteiger charge is 2.18. The summed E-state index contributed by atoms with van der Waals surface area (Å²) in [5.74, 6) is 2.07. The normalized spacial score (nSPS) is 14.7. The number of nitrogens with one attached hydrogen (secondary N) is 1. The summed E-state index contributed by atoms with van der Waals surface area (Å²) >= 11 is 0. The maximum Gasteiger partial charge on any atom is 0.264 e. The topological polar surface area (TPSA) is 41.6 Å². The highest BCUT2D eigenvalue weighted by Crippen LogP contribution is 2.27. The predicted octanol–water partition coefficient (Wildman–Crippen LogP) is 3.69. The lowest BCUT2D eigenvalue weighted by Gasteiger charge is -2.27. The van der Waals surface area contributed by atoms with E-state index in [0.717, 1.165) is 0 Å². The fourth-order valence-electron chi connectivity index (χ4n) is 2.97. The SMILES string of the molecule is C#Cc1cccc(C(=O)Nc2ccc(CN3CCOCC3)c(C(F)F)c2)c1. The van der Waals surface area contributed by atoms with Gasteiger partial charge in [-0.3, -0.25) is 9.69 Å². The number of amides is 1. The number of benzene rings is 2. The first-order valence-electron chi connectivity index (χ1n) is 8.66. The molecule has 0 saturated carbocycles. The molecule has 0 aromatic heterocycles. The van der Waals surface area contributed by atoms with Gasteiger partial charge >= 0.3 is 0 Å². The predicted molar refractivity (Wildman–Crippen MR) is 99.8 cm³/mol. The molecule has 1 aliphatic heterocycles. The van der Waals surface area contributed by atoms with Crippen molar-refractivity contribution in [1.29, 1.82) is 0 Å². The number of nitrogens with zero attached hydrogens (tertiary/aromatic N) is 1. The number of anilines is 1. The Bertz CT molecular complexity index is 856. The van der Waals surface area contributed by atoms with Crippen molar-refractivity contribution in [2.75, 3.05) is 31.6 Å². The lowest BCUT2D eigenvalue weighted by atomic mass is 10.1. The third-order valence-corrected chi connectivity index (χ3v) is 4.43. The van der Waals surface area contributed by atoms with Crippen molar-refractivity contribution >= 4 is 11.6 Å². The second-order valence-electron chi connectivity index (χ2n) is 6.28. The number of carbonyl (C=O) groups is 1. The van der Waals surface area contributed by atoms with Crippen molar-refractivity contribution in [3.63, 3.8) is 0 Å². The van der Waals surface area contributed by atoms with Crippen molar-refractivity contribution in [3.8, 4) is 12.3 Å².